The molecule has 0 bridgehead atoms. The SMILES string of the molecule is Cc1ccc(-c2noc(-c3cn(-c4ccc(F)cc4)c(=O)c4ccccc34)n2)cc1. The van der Waals surface area contributed by atoms with Crippen LogP contribution in [0.1, 0.15) is 5.56 Å². The van der Waals surface area contributed by atoms with Gasteiger partial charge in [-0.2, -0.15) is 4.98 Å². The first-order valence-electron chi connectivity index (χ1n) is 9.41. The van der Waals surface area contributed by atoms with E-state index in [1.54, 1.807) is 30.5 Å². The van der Waals surface area contributed by atoms with Crippen molar-refractivity contribution in [3.05, 3.63) is 101 Å². The van der Waals surface area contributed by atoms with Crippen molar-refractivity contribution in [2.24, 2.45) is 0 Å². The Balaban J connectivity index is 1.71. The van der Waals surface area contributed by atoms with E-state index in [2.05, 4.69) is 10.1 Å². The van der Waals surface area contributed by atoms with E-state index in [4.69, 9.17) is 4.52 Å². The van der Waals surface area contributed by atoms with E-state index < -0.39 is 0 Å². The molecule has 2 aromatic heterocycles. The van der Waals surface area contributed by atoms with Crippen LogP contribution in [-0.4, -0.2) is 14.7 Å². The highest BCUT2D eigenvalue weighted by Gasteiger charge is 2.17. The molecule has 0 unspecified atom stereocenters. The van der Waals surface area contributed by atoms with E-state index in [0.717, 1.165) is 11.1 Å². The molecule has 0 aliphatic carbocycles. The van der Waals surface area contributed by atoms with Crippen LogP contribution in [0.25, 0.3) is 39.3 Å². The summed E-state index contributed by atoms with van der Waals surface area (Å²) in [6.07, 6.45) is 1.66. The third-order valence-corrected chi connectivity index (χ3v) is 5.00. The molecule has 0 spiro atoms. The normalized spacial score (nSPS) is 11.1. The zero-order chi connectivity index (χ0) is 20.7. The van der Waals surface area contributed by atoms with Gasteiger partial charge in [0.05, 0.1) is 5.56 Å². The summed E-state index contributed by atoms with van der Waals surface area (Å²) < 4.78 is 20.4. The predicted molar refractivity (Wildman–Crippen MR) is 113 cm³/mol. The third-order valence-electron chi connectivity index (χ3n) is 5.00. The molecule has 0 radical (unpaired) electrons. The number of pyridine rings is 1. The maximum absolute atomic E-state index is 13.4. The number of halogens is 1. The van der Waals surface area contributed by atoms with Crippen LogP contribution in [-0.2, 0) is 0 Å². The fraction of sp³-hybridized carbons (Fsp3) is 0.0417. The minimum Gasteiger partial charge on any atom is -0.334 e. The highest BCUT2D eigenvalue weighted by Crippen LogP contribution is 2.28. The van der Waals surface area contributed by atoms with Crippen LogP contribution in [0.2, 0.25) is 0 Å². The Labute approximate surface area is 171 Å². The second-order valence-electron chi connectivity index (χ2n) is 7.03. The van der Waals surface area contributed by atoms with E-state index in [1.165, 1.54) is 16.7 Å². The van der Waals surface area contributed by atoms with Gasteiger partial charge in [-0.1, -0.05) is 53.2 Å². The molecule has 30 heavy (non-hydrogen) atoms. The molecule has 5 aromatic rings. The van der Waals surface area contributed by atoms with Crippen LogP contribution in [0.15, 0.2) is 88.3 Å². The lowest BCUT2D eigenvalue weighted by atomic mass is 10.1. The molecule has 0 aliphatic heterocycles. The lowest BCUT2D eigenvalue weighted by molar-refractivity contribution is 0.432. The van der Waals surface area contributed by atoms with Crippen molar-refractivity contribution in [3.63, 3.8) is 0 Å². The van der Waals surface area contributed by atoms with E-state index in [0.29, 0.717) is 33.7 Å². The summed E-state index contributed by atoms with van der Waals surface area (Å²) in [5, 5.41) is 5.33. The van der Waals surface area contributed by atoms with E-state index in [-0.39, 0.29) is 11.4 Å². The first-order chi connectivity index (χ1) is 14.6. The Morgan fingerprint density at radius 2 is 1.60 bits per heavy atom. The molecule has 0 N–H and O–H groups in total. The maximum atomic E-state index is 13.4. The van der Waals surface area contributed by atoms with Gasteiger partial charge in [0, 0.05) is 28.2 Å². The Hall–Kier alpha value is -4.06. The smallest absolute Gasteiger partial charge is 0.262 e. The van der Waals surface area contributed by atoms with Crippen LogP contribution < -0.4 is 5.56 Å². The van der Waals surface area contributed by atoms with Gasteiger partial charge >= 0.3 is 0 Å². The van der Waals surface area contributed by atoms with E-state index >= 15 is 0 Å². The molecule has 0 amide bonds. The quantitative estimate of drug-likeness (QED) is 0.422. The largest absolute Gasteiger partial charge is 0.334 e. The molecule has 5 rings (SSSR count). The summed E-state index contributed by atoms with van der Waals surface area (Å²) in [4.78, 5) is 17.6. The predicted octanol–water partition coefficient (Wildman–Crippen LogP) is 5.16. The van der Waals surface area contributed by atoms with Crippen molar-refractivity contribution < 1.29 is 8.91 Å². The van der Waals surface area contributed by atoms with Gasteiger partial charge in [0.15, 0.2) is 0 Å². The van der Waals surface area contributed by atoms with Crippen LogP contribution in [0.3, 0.4) is 0 Å². The number of fused-ring (bicyclic) bond motifs is 1. The number of nitrogens with zero attached hydrogens (tertiary/aromatic N) is 3. The first-order valence-corrected chi connectivity index (χ1v) is 9.41. The lowest BCUT2D eigenvalue weighted by Crippen LogP contribution is -2.18. The number of benzene rings is 3. The van der Waals surface area contributed by atoms with E-state index in [9.17, 15) is 9.18 Å². The van der Waals surface area contributed by atoms with Gasteiger partial charge < -0.3 is 4.52 Å². The Bertz CT molecular complexity index is 1420. The molecule has 0 fully saturated rings. The highest BCUT2D eigenvalue weighted by molar-refractivity contribution is 5.94. The number of rotatable bonds is 3. The Kier molecular flexibility index (Phi) is 4.25. The number of hydrogen-bond donors (Lipinski definition) is 0. The molecular weight excluding hydrogens is 381 g/mol. The molecule has 0 saturated carbocycles. The zero-order valence-electron chi connectivity index (χ0n) is 16.0. The monoisotopic (exact) mass is 397 g/mol. The first kappa shape index (κ1) is 18.0. The van der Waals surface area contributed by atoms with Gasteiger partial charge in [0.2, 0.25) is 5.82 Å². The number of aryl methyl sites for hydroxylation is 1. The summed E-state index contributed by atoms with van der Waals surface area (Å²) in [7, 11) is 0. The van der Waals surface area contributed by atoms with Gasteiger partial charge in [0.25, 0.3) is 11.4 Å². The average molecular weight is 397 g/mol. The summed E-state index contributed by atoms with van der Waals surface area (Å²) >= 11 is 0. The summed E-state index contributed by atoms with van der Waals surface area (Å²) in [5.41, 5.74) is 2.94. The minimum absolute atomic E-state index is 0.209. The van der Waals surface area contributed by atoms with Crippen molar-refractivity contribution in [1.82, 2.24) is 14.7 Å². The number of aromatic nitrogens is 3. The molecule has 6 heteroatoms. The van der Waals surface area contributed by atoms with E-state index in [1.807, 2.05) is 43.3 Å². The van der Waals surface area contributed by atoms with Gasteiger partial charge in [-0.05, 0) is 37.3 Å². The van der Waals surface area contributed by atoms with Crippen molar-refractivity contribution in [3.8, 4) is 28.5 Å². The summed E-state index contributed by atoms with van der Waals surface area (Å²) in [6.45, 7) is 2.01. The Morgan fingerprint density at radius 1 is 0.900 bits per heavy atom. The molecule has 0 atom stereocenters. The molecule has 5 nitrogen and oxygen atoms in total. The Morgan fingerprint density at radius 3 is 2.33 bits per heavy atom. The van der Waals surface area contributed by atoms with Gasteiger partial charge in [-0.3, -0.25) is 9.36 Å². The van der Waals surface area contributed by atoms with Crippen LogP contribution >= 0.6 is 0 Å². The second-order valence-corrected chi connectivity index (χ2v) is 7.03. The topological polar surface area (TPSA) is 60.9 Å². The molecule has 2 heterocycles. The molecule has 146 valence electrons. The zero-order valence-corrected chi connectivity index (χ0v) is 16.0. The fourth-order valence-electron chi connectivity index (χ4n) is 3.41. The van der Waals surface area contributed by atoms with Gasteiger partial charge in [-0.15, -0.1) is 0 Å². The summed E-state index contributed by atoms with van der Waals surface area (Å²) in [6, 6.07) is 20.8. The maximum Gasteiger partial charge on any atom is 0.262 e. The van der Waals surface area contributed by atoms with Crippen molar-refractivity contribution in [2.45, 2.75) is 6.92 Å². The van der Waals surface area contributed by atoms with Crippen LogP contribution in [0.5, 0.6) is 0 Å². The standard InChI is InChI=1S/C24H16FN3O2/c1-15-6-8-16(9-7-15)22-26-23(30-27-22)21-14-28(18-12-10-17(25)11-13-18)24(29)20-5-3-2-4-19(20)21/h2-14H,1H3. The molecular formula is C24H16FN3O2. The van der Waals surface area contributed by atoms with Crippen molar-refractivity contribution in [1.29, 1.82) is 0 Å². The average Bonchev–Trinajstić information content (AvgIpc) is 3.25. The fourth-order valence-corrected chi connectivity index (χ4v) is 3.41. The lowest BCUT2D eigenvalue weighted by Gasteiger charge is -2.10. The molecule has 0 saturated heterocycles. The van der Waals surface area contributed by atoms with Crippen molar-refractivity contribution in [2.75, 3.05) is 0 Å². The van der Waals surface area contributed by atoms with Crippen LogP contribution in [0.4, 0.5) is 4.39 Å². The molecule has 0 aliphatic rings. The summed E-state index contributed by atoms with van der Waals surface area (Å²) in [5.74, 6) is 0.402. The third kappa shape index (κ3) is 3.08. The minimum atomic E-state index is -0.368. The van der Waals surface area contributed by atoms with Crippen LogP contribution in [0, 0.1) is 12.7 Å². The van der Waals surface area contributed by atoms with Crippen molar-refractivity contribution >= 4 is 10.8 Å². The van der Waals surface area contributed by atoms with Gasteiger partial charge in [0.1, 0.15) is 5.82 Å². The second kappa shape index (κ2) is 7.08. The molecule has 3 aromatic carbocycles. The van der Waals surface area contributed by atoms with Gasteiger partial charge in [-0.25, -0.2) is 4.39 Å². The highest BCUT2D eigenvalue weighted by atomic mass is 19.1. The number of hydrogen-bond acceptors (Lipinski definition) is 4.